The van der Waals surface area contributed by atoms with E-state index in [1.807, 2.05) is 48.5 Å². The fourth-order valence-electron chi connectivity index (χ4n) is 4.17. The van der Waals surface area contributed by atoms with Crippen molar-refractivity contribution in [3.05, 3.63) is 102 Å². The molecule has 1 aliphatic rings. The number of halogens is 1. The summed E-state index contributed by atoms with van der Waals surface area (Å²) < 4.78 is 13.2. The third-order valence-electron chi connectivity index (χ3n) is 5.73. The van der Waals surface area contributed by atoms with Crippen LogP contribution in [0.4, 0.5) is 15.8 Å². The van der Waals surface area contributed by atoms with Gasteiger partial charge in [-0.3, -0.25) is 14.6 Å². The highest BCUT2D eigenvalue weighted by Gasteiger charge is 2.27. The van der Waals surface area contributed by atoms with E-state index in [2.05, 4.69) is 10.3 Å². The second kappa shape index (κ2) is 8.23. The van der Waals surface area contributed by atoms with Crippen LogP contribution in [0.15, 0.2) is 79.0 Å². The van der Waals surface area contributed by atoms with Crippen molar-refractivity contribution < 1.29 is 14.0 Å². The van der Waals surface area contributed by atoms with Gasteiger partial charge in [-0.25, -0.2) is 4.39 Å². The Morgan fingerprint density at radius 1 is 0.938 bits per heavy atom. The molecule has 0 unspecified atom stereocenters. The first kappa shape index (κ1) is 19.9. The van der Waals surface area contributed by atoms with Crippen molar-refractivity contribution in [1.82, 2.24) is 4.98 Å². The molecule has 5 rings (SSSR count). The number of benzene rings is 3. The Bertz CT molecular complexity index is 1330. The maximum Gasteiger partial charge on any atom is 0.277 e. The molecule has 6 heteroatoms. The van der Waals surface area contributed by atoms with E-state index in [-0.39, 0.29) is 11.8 Å². The Labute approximate surface area is 184 Å². The maximum absolute atomic E-state index is 13.5. The average molecular weight is 425 g/mol. The second-order valence-corrected chi connectivity index (χ2v) is 7.71. The van der Waals surface area contributed by atoms with E-state index in [0.717, 1.165) is 34.9 Å². The molecule has 1 aliphatic heterocycles. The van der Waals surface area contributed by atoms with Crippen LogP contribution in [0.3, 0.4) is 0 Å². The van der Waals surface area contributed by atoms with Crippen LogP contribution in [-0.2, 0) is 6.42 Å². The van der Waals surface area contributed by atoms with E-state index in [4.69, 9.17) is 0 Å². The number of hydrogen-bond donors (Lipinski definition) is 1. The maximum atomic E-state index is 13.5. The first-order valence-corrected chi connectivity index (χ1v) is 10.5. The zero-order chi connectivity index (χ0) is 22.1. The number of carbonyl (C=O) groups excluding carboxylic acids is 2. The van der Waals surface area contributed by atoms with Gasteiger partial charge < -0.3 is 10.2 Å². The lowest BCUT2D eigenvalue weighted by atomic mass is 9.98. The number of aromatic nitrogens is 1. The number of nitrogens with one attached hydrogen (secondary N) is 1. The Balaban J connectivity index is 1.48. The number of rotatable bonds is 3. The summed E-state index contributed by atoms with van der Waals surface area (Å²) in [6, 6.07) is 20.5. The lowest BCUT2D eigenvalue weighted by Crippen LogP contribution is -2.36. The van der Waals surface area contributed by atoms with Crippen LogP contribution in [0.25, 0.3) is 10.8 Å². The second-order valence-electron chi connectivity index (χ2n) is 7.71. The Hall–Kier alpha value is -4.06. The summed E-state index contributed by atoms with van der Waals surface area (Å²) in [5, 5.41) is 4.69. The summed E-state index contributed by atoms with van der Waals surface area (Å²) in [6.07, 6.45) is 3.16. The molecule has 4 aromatic rings. The monoisotopic (exact) mass is 425 g/mol. The van der Waals surface area contributed by atoms with Gasteiger partial charge >= 0.3 is 0 Å². The molecule has 3 aromatic carbocycles. The van der Waals surface area contributed by atoms with Crippen LogP contribution < -0.4 is 10.2 Å². The Morgan fingerprint density at radius 2 is 1.75 bits per heavy atom. The quantitative estimate of drug-likeness (QED) is 0.490. The molecule has 0 radical (unpaired) electrons. The molecule has 5 nitrogen and oxygen atoms in total. The summed E-state index contributed by atoms with van der Waals surface area (Å²) in [6.45, 7) is 0.575. The van der Waals surface area contributed by atoms with Crippen molar-refractivity contribution in [3.8, 4) is 0 Å². The van der Waals surface area contributed by atoms with Gasteiger partial charge in [0.1, 0.15) is 11.5 Å². The minimum absolute atomic E-state index is 0.162. The highest BCUT2D eigenvalue weighted by atomic mass is 19.1. The molecule has 0 atom stereocenters. The van der Waals surface area contributed by atoms with Crippen molar-refractivity contribution in [2.75, 3.05) is 16.8 Å². The van der Waals surface area contributed by atoms with E-state index in [9.17, 15) is 14.0 Å². The standard InChI is InChI=1S/C26H20FN3O2/c27-19-12-10-18(11-13-19)25(31)29-22-8-3-9-23-21(22)7-4-16-30(23)26(32)24-20-6-2-1-5-17(20)14-15-28-24/h1-3,5-6,8-15H,4,7,16H2,(H,29,31). The summed E-state index contributed by atoms with van der Waals surface area (Å²) in [5.41, 5.74) is 3.11. The number of nitrogens with zero attached hydrogens (tertiary/aromatic N) is 2. The third kappa shape index (κ3) is 3.60. The average Bonchev–Trinajstić information content (AvgIpc) is 2.83. The van der Waals surface area contributed by atoms with Crippen LogP contribution in [0, 0.1) is 5.82 Å². The first-order chi connectivity index (χ1) is 15.6. The van der Waals surface area contributed by atoms with Gasteiger partial charge in [0, 0.05) is 35.1 Å². The molecule has 0 fully saturated rings. The predicted octanol–water partition coefficient (Wildman–Crippen LogP) is 5.22. The number of fused-ring (bicyclic) bond motifs is 2. The predicted molar refractivity (Wildman–Crippen MR) is 123 cm³/mol. The summed E-state index contributed by atoms with van der Waals surface area (Å²) in [7, 11) is 0. The fourth-order valence-corrected chi connectivity index (χ4v) is 4.17. The van der Waals surface area contributed by atoms with Crippen molar-refractivity contribution in [1.29, 1.82) is 0 Å². The molecule has 0 bridgehead atoms. The van der Waals surface area contributed by atoms with E-state index >= 15 is 0 Å². The van der Waals surface area contributed by atoms with Gasteiger partial charge in [0.15, 0.2) is 0 Å². The minimum Gasteiger partial charge on any atom is -0.322 e. The highest BCUT2D eigenvalue weighted by Crippen LogP contribution is 2.34. The summed E-state index contributed by atoms with van der Waals surface area (Å²) in [4.78, 5) is 32.3. The Morgan fingerprint density at radius 3 is 2.59 bits per heavy atom. The van der Waals surface area contributed by atoms with Crippen molar-refractivity contribution >= 4 is 34.0 Å². The van der Waals surface area contributed by atoms with Gasteiger partial charge in [-0.15, -0.1) is 0 Å². The fraction of sp³-hybridized carbons (Fsp3) is 0.115. The van der Waals surface area contributed by atoms with Crippen molar-refractivity contribution in [3.63, 3.8) is 0 Å². The molecule has 1 N–H and O–H groups in total. The molecular formula is C26H20FN3O2. The van der Waals surface area contributed by atoms with Gasteiger partial charge in [0.2, 0.25) is 0 Å². The van der Waals surface area contributed by atoms with Gasteiger partial charge in [-0.2, -0.15) is 0 Å². The van der Waals surface area contributed by atoms with Crippen molar-refractivity contribution in [2.24, 2.45) is 0 Å². The number of carbonyl (C=O) groups is 2. The SMILES string of the molecule is O=C(Nc1cccc2c1CCCN2C(=O)c1nccc2ccccc12)c1ccc(F)cc1. The Kier molecular flexibility index (Phi) is 5.11. The van der Waals surface area contributed by atoms with Crippen LogP contribution in [0.1, 0.15) is 32.8 Å². The van der Waals surface area contributed by atoms with Gasteiger partial charge in [0.05, 0.1) is 0 Å². The largest absolute Gasteiger partial charge is 0.322 e. The zero-order valence-corrected chi connectivity index (χ0v) is 17.2. The van der Waals surface area contributed by atoms with Crippen molar-refractivity contribution in [2.45, 2.75) is 12.8 Å². The molecule has 0 spiro atoms. The van der Waals surface area contributed by atoms with E-state index in [0.29, 0.717) is 23.5 Å². The first-order valence-electron chi connectivity index (χ1n) is 10.5. The van der Waals surface area contributed by atoms with E-state index in [1.54, 1.807) is 11.1 Å². The molecular weight excluding hydrogens is 405 g/mol. The minimum atomic E-state index is -0.394. The molecule has 2 amide bonds. The molecule has 0 aliphatic carbocycles. The van der Waals surface area contributed by atoms with Crippen LogP contribution in [0.2, 0.25) is 0 Å². The van der Waals surface area contributed by atoms with Crippen LogP contribution in [0.5, 0.6) is 0 Å². The van der Waals surface area contributed by atoms with Crippen LogP contribution >= 0.6 is 0 Å². The number of amides is 2. The third-order valence-corrected chi connectivity index (χ3v) is 5.73. The van der Waals surface area contributed by atoms with Crippen LogP contribution in [-0.4, -0.2) is 23.3 Å². The van der Waals surface area contributed by atoms with Gasteiger partial charge in [0.25, 0.3) is 11.8 Å². The topological polar surface area (TPSA) is 62.3 Å². The van der Waals surface area contributed by atoms with Gasteiger partial charge in [-0.05, 0) is 66.3 Å². The summed E-state index contributed by atoms with van der Waals surface area (Å²) in [5.74, 6) is -0.878. The normalized spacial score (nSPS) is 13.0. The van der Waals surface area contributed by atoms with Gasteiger partial charge in [-0.1, -0.05) is 30.3 Å². The highest BCUT2D eigenvalue weighted by molar-refractivity contribution is 6.13. The number of pyridine rings is 1. The molecule has 32 heavy (non-hydrogen) atoms. The van der Waals surface area contributed by atoms with E-state index in [1.165, 1.54) is 24.3 Å². The number of anilines is 2. The number of hydrogen-bond acceptors (Lipinski definition) is 3. The smallest absolute Gasteiger partial charge is 0.277 e. The molecule has 0 saturated carbocycles. The molecule has 2 heterocycles. The van der Waals surface area contributed by atoms with E-state index < -0.39 is 5.82 Å². The lowest BCUT2D eigenvalue weighted by Gasteiger charge is -2.31. The lowest BCUT2D eigenvalue weighted by molar-refractivity contribution is 0.0981. The zero-order valence-electron chi connectivity index (χ0n) is 17.2. The molecule has 1 aromatic heterocycles. The summed E-state index contributed by atoms with van der Waals surface area (Å²) >= 11 is 0. The molecule has 0 saturated heterocycles. The molecule has 158 valence electrons.